The van der Waals surface area contributed by atoms with Gasteiger partial charge in [-0.1, -0.05) is 31.2 Å². The maximum absolute atomic E-state index is 13.7. The van der Waals surface area contributed by atoms with E-state index in [1.165, 1.54) is 10.9 Å². The fourth-order valence-corrected chi connectivity index (χ4v) is 3.40. The van der Waals surface area contributed by atoms with Crippen molar-refractivity contribution in [3.63, 3.8) is 0 Å². The summed E-state index contributed by atoms with van der Waals surface area (Å²) >= 11 is 1.68. The molecule has 0 radical (unpaired) electrons. The molecule has 0 aliphatic heterocycles. The molecule has 124 valence electrons. The summed E-state index contributed by atoms with van der Waals surface area (Å²) < 4.78 is 13.7. The second kappa shape index (κ2) is 8.22. The van der Waals surface area contributed by atoms with Crippen LogP contribution in [0.15, 0.2) is 41.8 Å². The molecule has 0 aliphatic rings. The van der Waals surface area contributed by atoms with Crippen LogP contribution in [-0.4, -0.2) is 31.4 Å². The first-order chi connectivity index (χ1) is 11.0. The highest BCUT2D eigenvalue weighted by atomic mass is 32.1. The largest absolute Gasteiger partial charge is 0.354 e. The lowest BCUT2D eigenvalue weighted by atomic mass is 10.00. The lowest BCUT2D eigenvalue weighted by Gasteiger charge is -2.24. The maximum atomic E-state index is 13.7. The number of carbonyl (C=O) groups excluding carboxylic acids is 1. The Labute approximate surface area is 141 Å². The highest BCUT2D eigenvalue weighted by Gasteiger charge is 2.19. The fraction of sp³-hybridized carbons (Fsp3) is 0.389. The van der Waals surface area contributed by atoms with Crippen molar-refractivity contribution in [2.75, 3.05) is 20.6 Å². The Morgan fingerprint density at radius 3 is 2.61 bits per heavy atom. The van der Waals surface area contributed by atoms with E-state index in [2.05, 4.69) is 16.3 Å². The lowest BCUT2D eigenvalue weighted by Crippen LogP contribution is -2.37. The average molecular weight is 334 g/mol. The first kappa shape index (κ1) is 17.6. The number of likely N-dealkylation sites (N-methyl/N-ethyl adjacent to an activating group) is 1. The third-order valence-corrected chi connectivity index (χ3v) is 4.87. The van der Waals surface area contributed by atoms with Gasteiger partial charge in [0.2, 0.25) is 5.91 Å². The minimum Gasteiger partial charge on any atom is -0.354 e. The van der Waals surface area contributed by atoms with Gasteiger partial charge in [0.25, 0.3) is 0 Å². The van der Waals surface area contributed by atoms with E-state index >= 15 is 0 Å². The van der Waals surface area contributed by atoms with E-state index in [9.17, 15) is 9.18 Å². The Kier molecular flexibility index (Phi) is 6.30. The van der Waals surface area contributed by atoms with Crippen LogP contribution in [0.25, 0.3) is 0 Å². The van der Waals surface area contributed by atoms with Crippen molar-refractivity contribution in [3.8, 4) is 0 Å². The molecule has 0 aliphatic carbocycles. The summed E-state index contributed by atoms with van der Waals surface area (Å²) in [5.41, 5.74) is 0.581. The van der Waals surface area contributed by atoms with E-state index in [0.717, 1.165) is 0 Å². The van der Waals surface area contributed by atoms with Gasteiger partial charge in [0.15, 0.2) is 0 Å². The zero-order valence-electron chi connectivity index (χ0n) is 13.8. The van der Waals surface area contributed by atoms with Crippen LogP contribution >= 0.6 is 11.3 Å². The second-order valence-corrected chi connectivity index (χ2v) is 6.92. The summed E-state index contributed by atoms with van der Waals surface area (Å²) in [7, 11) is 4.00. The molecule has 0 bridgehead atoms. The molecule has 2 atom stereocenters. The summed E-state index contributed by atoms with van der Waals surface area (Å²) in [6, 6.07) is 10.9. The lowest BCUT2D eigenvalue weighted by molar-refractivity contribution is -0.124. The number of halogens is 1. The molecule has 0 fully saturated rings. The molecule has 2 aromatic rings. The monoisotopic (exact) mass is 334 g/mol. The zero-order chi connectivity index (χ0) is 16.8. The first-order valence-electron chi connectivity index (χ1n) is 7.70. The third-order valence-electron chi connectivity index (χ3n) is 3.90. The van der Waals surface area contributed by atoms with Crippen LogP contribution in [0.4, 0.5) is 4.39 Å². The third kappa shape index (κ3) is 4.88. The van der Waals surface area contributed by atoms with Crippen molar-refractivity contribution < 1.29 is 9.18 Å². The SMILES string of the molecule is CC(Cc1ccccc1F)C(=O)NCC(c1cccs1)N(C)C. The number of benzene rings is 1. The highest BCUT2D eigenvalue weighted by molar-refractivity contribution is 7.10. The van der Waals surface area contributed by atoms with Gasteiger partial charge in [-0.05, 0) is 43.6 Å². The molecule has 5 heteroatoms. The number of rotatable bonds is 7. The quantitative estimate of drug-likeness (QED) is 0.841. The van der Waals surface area contributed by atoms with Crippen LogP contribution in [-0.2, 0) is 11.2 Å². The Bertz CT molecular complexity index is 628. The fourth-order valence-electron chi connectivity index (χ4n) is 2.48. The van der Waals surface area contributed by atoms with E-state index in [0.29, 0.717) is 18.5 Å². The van der Waals surface area contributed by atoms with E-state index in [1.54, 1.807) is 29.5 Å². The first-order valence-corrected chi connectivity index (χ1v) is 8.58. The molecule has 1 amide bonds. The molecule has 0 spiro atoms. The van der Waals surface area contributed by atoms with Gasteiger partial charge in [-0.25, -0.2) is 4.39 Å². The molecule has 3 nitrogen and oxygen atoms in total. The number of amides is 1. The Hall–Kier alpha value is -1.72. The van der Waals surface area contributed by atoms with Crippen LogP contribution in [0.1, 0.15) is 23.4 Å². The standard InChI is InChI=1S/C18H23FN2OS/c1-13(11-14-7-4-5-8-15(14)19)18(22)20-12-16(21(2)3)17-9-6-10-23-17/h4-10,13,16H,11-12H2,1-3H3,(H,20,22). The number of thiophene rings is 1. The van der Waals surface area contributed by atoms with Gasteiger partial charge in [-0.15, -0.1) is 11.3 Å². The van der Waals surface area contributed by atoms with Gasteiger partial charge in [0.1, 0.15) is 5.82 Å². The smallest absolute Gasteiger partial charge is 0.223 e. The summed E-state index contributed by atoms with van der Waals surface area (Å²) in [5, 5.41) is 5.03. The van der Waals surface area contributed by atoms with Gasteiger partial charge >= 0.3 is 0 Å². The Balaban J connectivity index is 1.92. The van der Waals surface area contributed by atoms with Crippen LogP contribution in [0, 0.1) is 11.7 Å². The summed E-state index contributed by atoms with van der Waals surface area (Å²) in [6.45, 7) is 2.38. The molecule has 0 saturated heterocycles. The summed E-state index contributed by atoms with van der Waals surface area (Å²) in [4.78, 5) is 15.6. The number of hydrogen-bond donors (Lipinski definition) is 1. The van der Waals surface area contributed by atoms with E-state index in [-0.39, 0.29) is 23.7 Å². The normalized spacial score (nSPS) is 13.8. The molecule has 0 saturated carbocycles. The molecule has 1 aromatic heterocycles. The van der Waals surface area contributed by atoms with Gasteiger partial charge in [-0.3, -0.25) is 4.79 Å². The van der Waals surface area contributed by atoms with Crippen molar-refractivity contribution >= 4 is 17.2 Å². The topological polar surface area (TPSA) is 32.3 Å². The van der Waals surface area contributed by atoms with Gasteiger partial charge in [0, 0.05) is 17.3 Å². The Morgan fingerprint density at radius 2 is 2.00 bits per heavy atom. The van der Waals surface area contributed by atoms with Gasteiger partial charge in [-0.2, -0.15) is 0 Å². The maximum Gasteiger partial charge on any atom is 0.223 e. The molecule has 1 N–H and O–H groups in total. The predicted molar refractivity (Wildman–Crippen MR) is 93.0 cm³/mol. The van der Waals surface area contributed by atoms with Crippen molar-refractivity contribution in [3.05, 3.63) is 58.0 Å². The molecule has 2 unspecified atom stereocenters. The molecule has 2 rings (SSSR count). The van der Waals surface area contributed by atoms with Crippen LogP contribution in [0.3, 0.4) is 0 Å². The Morgan fingerprint density at radius 1 is 1.26 bits per heavy atom. The molecular formula is C18H23FN2OS. The average Bonchev–Trinajstić information content (AvgIpc) is 3.03. The zero-order valence-corrected chi connectivity index (χ0v) is 14.6. The van der Waals surface area contributed by atoms with Crippen molar-refractivity contribution in [1.29, 1.82) is 0 Å². The predicted octanol–water partition coefficient (Wildman–Crippen LogP) is 3.48. The van der Waals surface area contributed by atoms with Crippen LogP contribution in [0.2, 0.25) is 0 Å². The minimum atomic E-state index is -0.266. The second-order valence-electron chi connectivity index (χ2n) is 5.94. The van der Waals surface area contributed by atoms with Gasteiger partial charge in [0.05, 0.1) is 6.04 Å². The molecule has 1 aromatic carbocycles. The number of nitrogens with zero attached hydrogens (tertiary/aromatic N) is 1. The van der Waals surface area contributed by atoms with Gasteiger partial charge < -0.3 is 10.2 Å². The number of carbonyl (C=O) groups is 1. The summed E-state index contributed by atoms with van der Waals surface area (Å²) in [5.74, 6) is -0.563. The van der Waals surface area contributed by atoms with E-state index < -0.39 is 0 Å². The van der Waals surface area contributed by atoms with Crippen molar-refractivity contribution in [2.24, 2.45) is 5.92 Å². The molecular weight excluding hydrogens is 311 g/mol. The summed E-state index contributed by atoms with van der Waals surface area (Å²) in [6.07, 6.45) is 0.407. The minimum absolute atomic E-state index is 0.0448. The van der Waals surface area contributed by atoms with E-state index in [4.69, 9.17) is 0 Å². The molecule has 23 heavy (non-hydrogen) atoms. The van der Waals surface area contributed by atoms with Crippen LogP contribution in [0.5, 0.6) is 0 Å². The van der Waals surface area contributed by atoms with Crippen molar-refractivity contribution in [2.45, 2.75) is 19.4 Å². The van der Waals surface area contributed by atoms with Crippen molar-refractivity contribution in [1.82, 2.24) is 10.2 Å². The van der Waals surface area contributed by atoms with Crippen LogP contribution < -0.4 is 5.32 Å². The number of hydrogen-bond acceptors (Lipinski definition) is 3. The number of nitrogens with one attached hydrogen (secondary N) is 1. The highest BCUT2D eigenvalue weighted by Crippen LogP contribution is 2.22. The molecule has 1 heterocycles. The van der Waals surface area contributed by atoms with E-state index in [1.807, 2.05) is 32.5 Å².